The summed E-state index contributed by atoms with van der Waals surface area (Å²) in [5.41, 5.74) is 0. The van der Waals surface area contributed by atoms with Crippen molar-refractivity contribution < 1.29 is 18.9 Å². The van der Waals surface area contributed by atoms with E-state index in [0.29, 0.717) is 0 Å². The summed E-state index contributed by atoms with van der Waals surface area (Å²) in [6.45, 7) is 2.60. The lowest BCUT2D eigenvalue weighted by Crippen LogP contribution is -1.62. The van der Waals surface area contributed by atoms with Crippen LogP contribution in [0, 0.1) is 0 Å². The molecule has 0 radical (unpaired) electrons. The molecule has 1 atom stereocenters. The van der Waals surface area contributed by atoms with E-state index in [-0.39, 0.29) is 0 Å². The Bertz CT molecular complexity index is 85.9. The van der Waals surface area contributed by atoms with E-state index in [2.05, 4.69) is 0 Å². The van der Waals surface area contributed by atoms with Crippen LogP contribution in [0.2, 0.25) is 0 Å². The fourth-order valence-corrected chi connectivity index (χ4v) is 0. The highest BCUT2D eigenvalue weighted by atomic mass is 31.2. The van der Waals surface area contributed by atoms with Gasteiger partial charge in [-0.15, -0.1) is 0 Å². The van der Waals surface area contributed by atoms with Gasteiger partial charge in [0.2, 0.25) is 0 Å². The van der Waals surface area contributed by atoms with Crippen molar-refractivity contribution >= 4 is 16.1 Å². The molecule has 50 valence electrons. The van der Waals surface area contributed by atoms with Crippen molar-refractivity contribution in [2.45, 2.75) is 0 Å². The molecule has 6 heteroatoms. The Balaban J connectivity index is 0. The molecule has 0 aliphatic carbocycles. The molecule has 0 aromatic rings. The zero-order valence-electron chi connectivity index (χ0n) is 4.66. The van der Waals surface area contributed by atoms with Crippen molar-refractivity contribution in [2.24, 2.45) is 0 Å². The van der Waals surface area contributed by atoms with Gasteiger partial charge >= 0.3 is 8.69 Å². The van der Waals surface area contributed by atoms with Crippen LogP contribution >= 0.6 is 16.1 Å². The highest BCUT2D eigenvalue weighted by molar-refractivity contribution is 7.56. The van der Waals surface area contributed by atoms with Gasteiger partial charge < -0.3 is 4.89 Å². The van der Waals surface area contributed by atoms with Crippen LogP contribution in [0.1, 0.15) is 0 Å². The summed E-state index contributed by atoms with van der Waals surface area (Å²) in [6.07, 6.45) is 0. The van der Waals surface area contributed by atoms with Gasteiger partial charge in [0.05, 0.1) is 0 Å². The molecule has 0 heterocycles. The van der Waals surface area contributed by atoms with Gasteiger partial charge in [-0.2, -0.15) is 4.89 Å². The first-order valence-corrected chi connectivity index (χ1v) is 5.11. The summed E-state index contributed by atoms with van der Waals surface area (Å²) >= 11 is 0. The molecule has 4 nitrogen and oxygen atoms in total. The van der Waals surface area contributed by atoms with Crippen LogP contribution in [0.25, 0.3) is 0 Å². The Morgan fingerprint density at radius 1 is 1.50 bits per heavy atom. The smallest absolute Gasteiger partial charge is 0.345 e. The van der Waals surface area contributed by atoms with Gasteiger partial charge in [-0.1, -0.05) is 0 Å². The molecule has 0 amide bonds. The third kappa shape index (κ3) is 2760. The van der Waals surface area contributed by atoms with Crippen LogP contribution in [0.3, 0.4) is 0 Å². The fraction of sp³-hybridized carbons (Fsp3) is 1.00. The lowest BCUT2D eigenvalue weighted by Gasteiger charge is -1.86. The predicted octanol–water partition coefficient (Wildman–Crippen LogP) is 0.434. The fourth-order valence-electron chi connectivity index (χ4n) is 0. The summed E-state index contributed by atoms with van der Waals surface area (Å²) in [4.78, 5) is 15.1. The molecule has 0 aliphatic heterocycles. The van der Waals surface area contributed by atoms with E-state index in [4.69, 9.17) is 14.4 Å². The van der Waals surface area contributed by atoms with E-state index in [1.807, 2.05) is 0 Å². The summed E-state index contributed by atoms with van der Waals surface area (Å²) in [7, 11) is -3.81. The van der Waals surface area contributed by atoms with Crippen molar-refractivity contribution in [1.29, 1.82) is 0 Å². The van der Waals surface area contributed by atoms with Crippen LogP contribution in [0.4, 0.5) is 0 Å². The molecule has 0 spiro atoms. The minimum atomic E-state index is -2.64. The molecular weight excluding hydrogens is 150 g/mol. The zero-order chi connectivity index (χ0) is 7.21. The van der Waals surface area contributed by atoms with Crippen LogP contribution in [-0.4, -0.2) is 23.1 Å². The van der Waals surface area contributed by atoms with Crippen LogP contribution in [0.15, 0.2) is 0 Å². The highest BCUT2D eigenvalue weighted by Crippen LogP contribution is 2.27. The highest BCUT2D eigenvalue weighted by Gasteiger charge is 1.92. The molecule has 0 saturated heterocycles. The topological polar surface area (TPSA) is 74.6 Å². The lowest BCUT2D eigenvalue weighted by atomic mass is 11.9. The molecule has 0 aromatic heterocycles. The van der Waals surface area contributed by atoms with Crippen LogP contribution < -0.4 is 0 Å². The van der Waals surface area contributed by atoms with E-state index < -0.39 is 16.1 Å². The third-order valence-corrected chi connectivity index (χ3v) is 0. The Labute approximate surface area is 49.3 Å². The Morgan fingerprint density at radius 2 is 1.50 bits per heavy atom. The number of hydrogen-bond donors (Lipinski definition) is 2. The average Bonchev–Trinajstić information content (AvgIpc) is 1.27. The van der Waals surface area contributed by atoms with E-state index in [0.717, 1.165) is 0 Å². The quantitative estimate of drug-likeness (QED) is 0.502. The molecule has 0 fully saturated rings. The van der Waals surface area contributed by atoms with Crippen molar-refractivity contribution in [2.75, 3.05) is 13.3 Å². The maximum atomic E-state index is 9.77. The molecule has 0 bridgehead atoms. The van der Waals surface area contributed by atoms with Crippen molar-refractivity contribution in [1.82, 2.24) is 0 Å². The van der Waals surface area contributed by atoms with Gasteiger partial charge in [0, 0.05) is 13.3 Å². The molecule has 2 N–H and O–H groups in total. The van der Waals surface area contributed by atoms with Crippen molar-refractivity contribution in [3.8, 4) is 0 Å². The molecule has 0 saturated carbocycles. The SMILES string of the molecule is CP(C)(=O)O.O=[PH+]O. The second kappa shape index (κ2) is 5.39. The predicted molar refractivity (Wildman–Crippen MR) is 32.9 cm³/mol. The first-order valence-electron chi connectivity index (χ1n) is 1.70. The Hall–Kier alpha value is 0.250. The molecule has 0 rings (SSSR count). The summed E-state index contributed by atoms with van der Waals surface area (Å²) in [6, 6.07) is 0. The van der Waals surface area contributed by atoms with E-state index in [1.165, 1.54) is 13.3 Å². The van der Waals surface area contributed by atoms with Gasteiger partial charge in [0.1, 0.15) is 0 Å². The van der Waals surface area contributed by atoms with Crippen molar-refractivity contribution in [3.05, 3.63) is 0 Å². The van der Waals surface area contributed by atoms with E-state index in [9.17, 15) is 4.57 Å². The molecular formula is C2H9O4P2+. The van der Waals surface area contributed by atoms with E-state index >= 15 is 0 Å². The van der Waals surface area contributed by atoms with Crippen LogP contribution in [-0.2, 0) is 9.13 Å². The summed E-state index contributed by atoms with van der Waals surface area (Å²) in [5, 5.41) is 0. The average molecular weight is 159 g/mol. The summed E-state index contributed by atoms with van der Waals surface area (Å²) in [5.74, 6) is 0. The minimum Gasteiger partial charge on any atom is -0.345 e. The minimum absolute atomic E-state index is 1.17. The molecule has 0 aliphatic rings. The van der Waals surface area contributed by atoms with E-state index in [1.54, 1.807) is 0 Å². The van der Waals surface area contributed by atoms with Gasteiger partial charge in [-0.3, -0.25) is 4.57 Å². The molecule has 1 unspecified atom stereocenters. The molecule has 0 aromatic carbocycles. The maximum absolute atomic E-state index is 9.77. The van der Waals surface area contributed by atoms with Gasteiger partial charge in [-0.25, -0.2) is 0 Å². The van der Waals surface area contributed by atoms with Gasteiger partial charge in [0.25, 0.3) is 0 Å². The summed E-state index contributed by atoms with van der Waals surface area (Å²) < 4.78 is 18.3. The second-order valence-electron chi connectivity index (χ2n) is 1.39. The number of rotatable bonds is 0. The zero-order valence-corrected chi connectivity index (χ0v) is 6.55. The number of hydrogen-bond acceptors (Lipinski definition) is 2. The largest absolute Gasteiger partial charge is 0.491 e. The lowest BCUT2D eigenvalue weighted by molar-refractivity contribution is 0.492. The maximum Gasteiger partial charge on any atom is 0.491 e. The first kappa shape index (κ1) is 11.1. The van der Waals surface area contributed by atoms with Gasteiger partial charge in [-0.05, 0) is 4.57 Å². The van der Waals surface area contributed by atoms with Crippen molar-refractivity contribution in [3.63, 3.8) is 0 Å². The second-order valence-corrected chi connectivity index (χ2v) is 4.16. The normalized spacial score (nSPS) is 10.0. The Morgan fingerprint density at radius 3 is 1.50 bits per heavy atom. The third-order valence-electron chi connectivity index (χ3n) is 0. The standard InChI is InChI=1S/C2H7O2P.HO2P/c1-5(2,3)4;1-3-2/h1-2H3,(H,3,4);3H/p+1. The molecule has 8 heavy (non-hydrogen) atoms. The first-order chi connectivity index (χ1) is 3.41. The monoisotopic (exact) mass is 159 g/mol. The Kier molecular flexibility index (Phi) is 7.48. The van der Waals surface area contributed by atoms with Crippen LogP contribution in [0.5, 0.6) is 0 Å². The van der Waals surface area contributed by atoms with Gasteiger partial charge in [0.15, 0.2) is 7.37 Å².